The molecule has 0 unspecified atom stereocenters. The van der Waals surface area contributed by atoms with Gasteiger partial charge in [-0.05, 0) is 49.8 Å². The summed E-state index contributed by atoms with van der Waals surface area (Å²) in [5.74, 6) is -0.463. The van der Waals surface area contributed by atoms with E-state index in [-0.39, 0.29) is 24.3 Å². The number of carbonyl (C=O) groups excluding carboxylic acids is 2. The number of hydrogen-bond donors (Lipinski definition) is 4. The SMILES string of the molecule is C/C(=C/N[C@H](C(=O)N1CCC[C@H]1C(=O)N[C@@H](CO)c1ccc(-c2ncccc2C)cc1)C(C)C)N=N. The Morgan fingerprint density at radius 3 is 2.61 bits per heavy atom. The summed E-state index contributed by atoms with van der Waals surface area (Å²) in [6, 6.07) is 9.81. The summed E-state index contributed by atoms with van der Waals surface area (Å²) in [4.78, 5) is 32.7. The second-order valence-corrected chi connectivity index (χ2v) is 9.51. The van der Waals surface area contributed by atoms with E-state index in [1.807, 2.05) is 57.2 Å². The molecule has 0 aliphatic carbocycles. The number of aryl methyl sites for hydroxylation is 1. The van der Waals surface area contributed by atoms with Crippen molar-refractivity contribution < 1.29 is 14.7 Å². The van der Waals surface area contributed by atoms with Crippen LogP contribution in [0.25, 0.3) is 11.3 Å². The smallest absolute Gasteiger partial charge is 0.245 e. The molecule has 1 aliphatic heterocycles. The number of likely N-dealkylation sites (tertiary alicyclic amines) is 1. The van der Waals surface area contributed by atoms with Gasteiger partial charge in [0.1, 0.15) is 12.1 Å². The molecule has 0 bridgehead atoms. The molecular weight excluding hydrogens is 456 g/mol. The summed E-state index contributed by atoms with van der Waals surface area (Å²) in [5.41, 5.74) is 11.2. The van der Waals surface area contributed by atoms with E-state index in [1.54, 1.807) is 24.2 Å². The summed E-state index contributed by atoms with van der Waals surface area (Å²) >= 11 is 0. The monoisotopic (exact) mass is 492 g/mol. The largest absolute Gasteiger partial charge is 0.394 e. The second kappa shape index (κ2) is 12.4. The highest BCUT2D eigenvalue weighted by atomic mass is 16.3. The Morgan fingerprint density at radius 1 is 1.28 bits per heavy atom. The van der Waals surface area contributed by atoms with Gasteiger partial charge in [-0.15, -0.1) is 0 Å². The van der Waals surface area contributed by atoms with Crippen molar-refractivity contribution in [3.8, 4) is 11.3 Å². The summed E-state index contributed by atoms with van der Waals surface area (Å²) < 4.78 is 0. The molecule has 9 nitrogen and oxygen atoms in total. The molecule has 2 amide bonds. The number of rotatable bonds is 10. The zero-order chi connectivity index (χ0) is 26.2. The van der Waals surface area contributed by atoms with Crippen molar-refractivity contribution in [2.75, 3.05) is 13.2 Å². The van der Waals surface area contributed by atoms with Crippen molar-refractivity contribution in [3.63, 3.8) is 0 Å². The van der Waals surface area contributed by atoms with Crippen LogP contribution in [-0.4, -0.2) is 52.0 Å². The number of nitrogens with one attached hydrogen (secondary N) is 3. The normalized spacial score (nSPS) is 17.6. The molecule has 2 heterocycles. The first kappa shape index (κ1) is 27.0. The zero-order valence-corrected chi connectivity index (χ0v) is 21.4. The van der Waals surface area contributed by atoms with E-state index in [2.05, 4.69) is 20.7 Å². The van der Waals surface area contributed by atoms with Crippen molar-refractivity contribution in [2.24, 2.45) is 11.0 Å². The van der Waals surface area contributed by atoms with E-state index in [4.69, 9.17) is 5.53 Å². The maximum absolute atomic E-state index is 13.3. The highest BCUT2D eigenvalue weighted by Gasteiger charge is 2.38. The van der Waals surface area contributed by atoms with Crippen LogP contribution in [0.5, 0.6) is 0 Å². The molecule has 1 aromatic carbocycles. The predicted molar refractivity (Wildman–Crippen MR) is 138 cm³/mol. The number of amides is 2. The van der Waals surface area contributed by atoms with Crippen LogP contribution in [0.15, 0.2) is 59.6 Å². The Bertz CT molecular complexity index is 1100. The molecule has 0 radical (unpaired) electrons. The van der Waals surface area contributed by atoms with Gasteiger partial charge in [0, 0.05) is 24.5 Å². The van der Waals surface area contributed by atoms with Crippen LogP contribution in [-0.2, 0) is 9.59 Å². The van der Waals surface area contributed by atoms with Gasteiger partial charge in [-0.2, -0.15) is 5.11 Å². The van der Waals surface area contributed by atoms with E-state index in [0.717, 1.165) is 28.8 Å². The third kappa shape index (κ3) is 6.34. The number of allylic oxidation sites excluding steroid dienone is 1. The first-order valence-electron chi connectivity index (χ1n) is 12.3. The van der Waals surface area contributed by atoms with Gasteiger partial charge >= 0.3 is 0 Å². The lowest BCUT2D eigenvalue weighted by Crippen LogP contribution is -2.53. The van der Waals surface area contributed by atoms with E-state index in [9.17, 15) is 14.7 Å². The molecule has 1 aliphatic rings. The number of aliphatic hydroxyl groups excluding tert-OH is 1. The molecule has 192 valence electrons. The third-order valence-electron chi connectivity index (χ3n) is 6.51. The van der Waals surface area contributed by atoms with Gasteiger partial charge in [-0.3, -0.25) is 14.6 Å². The molecule has 2 aromatic rings. The standard InChI is InChI=1S/C27H36N6O3/c1-17(2)24(30-15-19(4)32-28)27(36)33-14-6-8-23(33)26(35)31-22(16-34)20-9-11-21(12-10-20)25-18(3)7-5-13-29-25/h5,7,9-13,15,17,22-24,28,30,34H,6,8,14,16H2,1-4H3,(H,31,35)/b19-15-,32-28?/t22-,23-,24-/m0/s1. The molecule has 0 spiro atoms. The Morgan fingerprint density at radius 2 is 2.00 bits per heavy atom. The number of nitrogens with zero attached hydrogens (tertiary/aromatic N) is 3. The van der Waals surface area contributed by atoms with Gasteiger partial charge in [0.05, 0.1) is 24.0 Å². The Balaban J connectivity index is 1.71. The van der Waals surface area contributed by atoms with Gasteiger partial charge in [-0.25, -0.2) is 5.53 Å². The highest BCUT2D eigenvalue weighted by molar-refractivity contribution is 5.90. The quantitative estimate of drug-likeness (QED) is 0.376. The zero-order valence-electron chi connectivity index (χ0n) is 21.4. The summed E-state index contributed by atoms with van der Waals surface area (Å²) in [5, 5.41) is 19.4. The predicted octanol–water partition coefficient (Wildman–Crippen LogP) is 3.70. The van der Waals surface area contributed by atoms with Crippen molar-refractivity contribution in [1.29, 1.82) is 5.53 Å². The molecule has 36 heavy (non-hydrogen) atoms. The Hall–Kier alpha value is -3.59. The first-order valence-corrected chi connectivity index (χ1v) is 12.3. The minimum atomic E-state index is -0.601. The second-order valence-electron chi connectivity index (χ2n) is 9.51. The highest BCUT2D eigenvalue weighted by Crippen LogP contribution is 2.25. The maximum Gasteiger partial charge on any atom is 0.245 e. The van der Waals surface area contributed by atoms with Crippen LogP contribution < -0.4 is 10.6 Å². The van der Waals surface area contributed by atoms with Crippen LogP contribution >= 0.6 is 0 Å². The topological polar surface area (TPSA) is 131 Å². The fraction of sp³-hybridized carbons (Fsp3) is 0.444. The minimum Gasteiger partial charge on any atom is -0.394 e. The van der Waals surface area contributed by atoms with Crippen LogP contribution in [0.2, 0.25) is 0 Å². The minimum absolute atomic E-state index is 0.0250. The van der Waals surface area contributed by atoms with Crippen molar-refractivity contribution in [3.05, 3.63) is 65.6 Å². The van der Waals surface area contributed by atoms with E-state index in [1.165, 1.54) is 0 Å². The van der Waals surface area contributed by atoms with Crippen LogP contribution in [0, 0.1) is 18.4 Å². The van der Waals surface area contributed by atoms with Crippen molar-refractivity contribution in [2.45, 2.75) is 58.7 Å². The van der Waals surface area contributed by atoms with Crippen LogP contribution in [0.1, 0.15) is 50.8 Å². The lowest BCUT2D eigenvalue weighted by atomic mass is 10.0. The van der Waals surface area contributed by atoms with Crippen LogP contribution in [0.4, 0.5) is 0 Å². The lowest BCUT2D eigenvalue weighted by Gasteiger charge is -2.31. The summed E-state index contributed by atoms with van der Waals surface area (Å²) in [7, 11) is 0. The number of aliphatic hydroxyl groups is 1. The Kier molecular flexibility index (Phi) is 9.30. The van der Waals surface area contributed by atoms with E-state index in [0.29, 0.717) is 18.7 Å². The number of hydrogen-bond acceptors (Lipinski definition) is 7. The first-order chi connectivity index (χ1) is 17.3. The van der Waals surface area contributed by atoms with Gasteiger partial charge in [0.2, 0.25) is 11.8 Å². The fourth-order valence-electron chi connectivity index (χ4n) is 4.44. The van der Waals surface area contributed by atoms with Gasteiger partial charge in [0.15, 0.2) is 0 Å². The third-order valence-corrected chi connectivity index (χ3v) is 6.51. The molecule has 1 fully saturated rings. The average Bonchev–Trinajstić information content (AvgIpc) is 3.37. The molecular formula is C27H36N6O3. The molecule has 0 saturated carbocycles. The molecule has 1 aromatic heterocycles. The molecule has 4 N–H and O–H groups in total. The Labute approximate surface area is 212 Å². The fourth-order valence-corrected chi connectivity index (χ4v) is 4.44. The van der Waals surface area contributed by atoms with Crippen LogP contribution in [0.3, 0.4) is 0 Å². The molecule has 3 rings (SSSR count). The maximum atomic E-state index is 13.3. The summed E-state index contributed by atoms with van der Waals surface area (Å²) in [6.07, 6.45) is 4.60. The van der Waals surface area contributed by atoms with Gasteiger partial charge < -0.3 is 20.6 Å². The number of aromatic nitrogens is 1. The number of carbonyl (C=O) groups is 2. The summed E-state index contributed by atoms with van der Waals surface area (Å²) in [6.45, 7) is 7.77. The van der Waals surface area contributed by atoms with E-state index >= 15 is 0 Å². The molecule has 9 heteroatoms. The van der Waals surface area contributed by atoms with Gasteiger partial charge in [-0.1, -0.05) is 44.2 Å². The number of pyridine rings is 1. The van der Waals surface area contributed by atoms with Crippen molar-refractivity contribution >= 4 is 11.8 Å². The molecule has 1 saturated heterocycles. The average molecular weight is 493 g/mol. The van der Waals surface area contributed by atoms with E-state index < -0.39 is 18.1 Å². The lowest BCUT2D eigenvalue weighted by molar-refractivity contribution is -0.141. The van der Waals surface area contributed by atoms with Gasteiger partial charge in [0.25, 0.3) is 0 Å². The molecule has 3 atom stereocenters. The van der Waals surface area contributed by atoms with Crippen molar-refractivity contribution in [1.82, 2.24) is 20.5 Å². The number of benzene rings is 1.